The lowest BCUT2D eigenvalue weighted by molar-refractivity contribution is 0.393. The van der Waals surface area contributed by atoms with E-state index in [9.17, 15) is 0 Å². The van der Waals surface area contributed by atoms with Gasteiger partial charge in [-0.2, -0.15) is 0 Å². The zero-order chi connectivity index (χ0) is 8.97. The molecular weight excluding hydrogens is 180 g/mol. The number of ether oxygens (including phenoxy) is 1. The first-order chi connectivity index (χ1) is 5.79. The Morgan fingerprint density at radius 3 is 3.00 bits per heavy atom. The molecule has 0 atom stereocenters. The molecule has 0 aromatic carbocycles. The highest BCUT2D eigenvalue weighted by atomic mass is 35.5. The number of aromatic nitrogens is 1. The lowest BCUT2D eigenvalue weighted by Crippen LogP contribution is -2.01. The van der Waals surface area contributed by atoms with Gasteiger partial charge in [0.25, 0.3) is 0 Å². The molecule has 0 saturated heterocycles. The van der Waals surface area contributed by atoms with Crippen LogP contribution in [0.4, 0.5) is 0 Å². The normalized spacial score (nSPS) is 9.25. The monoisotopic (exact) mass is 187 g/mol. The number of methoxy groups -OCH3 is 1. The van der Waals surface area contributed by atoms with E-state index in [1.165, 1.54) is 13.3 Å². The summed E-state index contributed by atoms with van der Waals surface area (Å²) in [5, 5.41) is 8.72. The molecule has 0 radical (unpaired) electrons. The number of pyridine rings is 1. The average Bonchev–Trinajstić information content (AvgIpc) is 2.09. The number of hydrogen-bond donors (Lipinski definition) is 1. The quantitative estimate of drug-likeness (QED) is 0.695. The summed E-state index contributed by atoms with van der Waals surface area (Å²) in [6.45, 7) is 0. The first-order valence-corrected chi connectivity index (χ1v) is 3.59. The molecule has 1 aromatic rings. The highest BCUT2D eigenvalue weighted by Gasteiger charge is 2.07. The van der Waals surface area contributed by atoms with Gasteiger partial charge in [0.1, 0.15) is 10.8 Å². The molecular formula is C6H7BClNO3. The highest BCUT2D eigenvalue weighted by molar-refractivity contribution is 6.33. The van der Waals surface area contributed by atoms with Crippen molar-refractivity contribution >= 4 is 19.3 Å². The van der Waals surface area contributed by atoms with Crippen molar-refractivity contribution in [2.75, 3.05) is 7.11 Å². The molecule has 12 heavy (non-hydrogen) atoms. The minimum atomic E-state index is -0.424. The Hall–Kier alpha value is -0.935. The summed E-state index contributed by atoms with van der Waals surface area (Å²) in [5.74, 6) is 0.633. The Labute approximate surface area is 75.4 Å². The van der Waals surface area contributed by atoms with Crippen LogP contribution < -0.4 is 9.39 Å². The van der Waals surface area contributed by atoms with Gasteiger partial charge in [-0.25, -0.2) is 4.98 Å². The Kier molecular flexibility index (Phi) is 3.19. The summed E-state index contributed by atoms with van der Waals surface area (Å²) in [6, 6.07) is 1.54. The Balaban J connectivity index is 2.97. The highest BCUT2D eigenvalue weighted by Crippen LogP contribution is 2.30. The molecule has 1 N–H and O–H groups in total. The van der Waals surface area contributed by atoms with Crippen molar-refractivity contribution in [1.29, 1.82) is 0 Å². The fourth-order valence-electron chi connectivity index (χ4n) is 0.731. The van der Waals surface area contributed by atoms with Crippen molar-refractivity contribution in [3.05, 3.63) is 17.3 Å². The van der Waals surface area contributed by atoms with E-state index in [1.807, 2.05) is 0 Å². The summed E-state index contributed by atoms with van der Waals surface area (Å²) in [7, 11) is 1.03. The van der Waals surface area contributed by atoms with Crippen molar-refractivity contribution in [1.82, 2.24) is 4.98 Å². The summed E-state index contributed by atoms with van der Waals surface area (Å²) < 4.78 is 9.61. The van der Waals surface area contributed by atoms with E-state index in [-0.39, 0.29) is 10.9 Å². The third-order valence-corrected chi connectivity index (χ3v) is 1.58. The van der Waals surface area contributed by atoms with Crippen LogP contribution in [0.3, 0.4) is 0 Å². The van der Waals surface area contributed by atoms with Gasteiger partial charge in [0.05, 0.1) is 7.11 Å². The molecule has 1 aromatic heterocycles. The second-order valence-electron chi connectivity index (χ2n) is 1.91. The van der Waals surface area contributed by atoms with Gasteiger partial charge in [-0.1, -0.05) is 11.6 Å². The summed E-state index contributed by atoms with van der Waals surface area (Å²) >= 11 is 5.76. The predicted molar refractivity (Wildman–Crippen MR) is 45.8 cm³/mol. The zero-order valence-corrected chi connectivity index (χ0v) is 7.21. The number of hydrogen-bond acceptors (Lipinski definition) is 4. The van der Waals surface area contributed by atoms with Crippen LogP contribution in [0.2, 0.25) is 5.02 Å². The largest absolute Gasteiger partial charge is 0.538 e. The van der Waals surface area contributed by atoms with E-state index in [4.69, 9.17) is 26.0 Å². The lowest BCUT2D eigenvalue weighted by Gasteiger charge is -2.06. The van der Waals surface area contributed by atoms with Crippen LogP contribution in [0.15, 0.2) is 12.3 Å². The number of rotatable bonds is 3. The van der Waals surface area contributed by atoms with E-state index in [1.54, 1.807) is 6.07 Å². The molecule has 1 rings (SSSR count). The van der Waals surface area contributed by atoms with Gasteiger partial charge in [-0.15, -0.1) is 0 Å². The average molecular weight is 187 g/mol. The van der Waals surface area contributed by atoms with E-state index in [2.05, 4.69) is 4.98 Å². The summed E-state index contributed by atoms with van der Waals surface area (Å²) in [5.41, 5.74) is 0. The maximum Gasteiger partial charge on any atom is 0.504 e. The molecule has 0 aliphatic heterocycles. The van der Waals surface area contributed by atoms with Gasteiger partial charge in [-0.05, 0) is 6.07 Å². The van der Waals surface area contributed by atoms with Crippen LogP contribution in [-0.2, 0) is 0 Å². The minimum absolute atomic E-state index is 0.258. The molecule has 0 spiro atoms. The topological polar surface area (TPSA) is 51.6 Å². The van der Waals surface area contributed by atoms with E-state index < -0.39 is 7.69 Å². The lowest BCUT2D eigenvalue weighted by atomic mass is 10.3. The van der Waals surface area contributed by atoms with Crippen molar-refractivity contribution in [3.8, 4) is 11.6 Å². The van der Waals surface area contributed by atoms with Gasteiger partial charge < -0.3 is 14.4 Å². The SMILES string of the molecule is COc1nccc(OBO)c1Cl. The molecule has 0 fully saturated rings. The van der Waals surface area contributed by atoms with Crippen LogP contribution in [0.25, 0.3) is 0 Å². The van der Waals surface area contributed by atoms with E-state index >= 15 is 0 Å². The van der Waals surface area contributed by atoms with Crippen LogP contribution >= 0.6 is 11.6 Å². The van der Waals surface area contributed by atoms with Gasteiger partial charge in [0.2, 0.25) is 5.88 Å². The summed E-state index contributed by atoms with van der Waals surface area (Å²) in [6.07, 6.45) is 1.48. The van der Waals surface area contributed by atoms with Crippen molar-refractivity contribution in [3.63, 3.8) is 0 Å². The van der Waals surface area contributed by atoms with Gasteiger partial charge in [0, 0.05) is 6.20 Å². The number of nitrogens with zero attached hydrogens (tertiary/aromatic N) is 1. The van der Waals surface area contributed by atoms with Crippen LogP contribution in [0.5, 0.6) is 11.6 Å². The fourth-order valence-corrected chi connectivity index (χ4v) is 0.975. The number of halogens is 1. The van der Waals surface area contributed by atoms with Gasteiger partial charge >= 0.3 is 7.69 Å². The summed E-state index contributed by atoms with van der Waals surface area (Å²) in [4.78, 5) is 3.82. The van der Waals surface area contributed by atoms with E-state index in [0.717, 1.165) is 0 Å². The van der Waals surface area contributed by atoms with Gasteiger partial charge in [-0.3, -0.25) is 0 Å². The molecule has 0 aliphatic carbocycles. The Morgan fingerprint density at radius 2 is 2.42 bits per heavy atom. The molecule has 0 saturated carbocycles. The first-order valence-electron chi connectivity index (χ1n) is 3.21. The maximum absolute atomic E-state index is 8.47. The van der Waals surface area contributed by atoms with Crippen molar-refractivity contribution in [2.24, 2.45) is 0 Å². The molecule has 0 amide bonds. The first kappa shape index (κ1) is 9.16. The van der Waals surface area contributed by atoms with Gasteiger partial charge in [0.15, 0.2) is 0 Å². The Bertz CT molecular complexity index is 271. The standard InChI is InChI=1S/C6H7BClNO3/c1-11-6-5(8)4(12-7-10)2-3-9-6/h2-3,7,10H,1H3. The van der Waals surface area contributed by atoms with Crippen molar-refractivity contribution < 1.29 is 14.4 Å². The third-order valence-electron chi connectivity index (χ3n) is 1.24. The molecule has 64 valence electrons. The molecule has 0 bridgehead atoms. The van der Waals surface area contributed by atoms with Crippen LogP contribution in [-0.4, -0.2) is 24.8 Å². The Morgan fingerprint density at radius 1 is 1.67 bits per heavy atom. The minimum Gasteiger partial charge on any atom is -0.538 e. The predicted octanol–water partition coefficient (Wildman–Crippen LogP) is 0.381. The van der Waals surface area contributed by atoms with Crippen LogP contribution in [0, 0.1) is 0 Å². The smallest absolute Gasteiger partial charge is 0.504 e. The fraction of sp³-hybridized carbons (Fsp3) is 0.167. The zero-order valence-electron chi connectivity index (χ0n) is 6.45. The molecule has 6 heteroatoms. The molecule has 0 aliphatic rings. The third kappa shape index (κ3) is 1.81. The molecule has 4 nitrogen and oxygen atoms in total. The molecule has 0 unspecified atom stereocenters. The van der Waals surface area contributed by atoms with Crippen LogP contribution in [0.1, 0.15) is 0 Å². The second kappa shape index (κ2) is 4.18. The van der Waals surface area contributed by atoms with Crippen molar-refractivity contribution in [2.45, 2.75) is 0 Å². The molecule has 1 heterocycles. The van der Waals surface area contributed by atoms with E-state index in [0.29, 0.717) is 5.75 Å². The second-order valence-corrected chi connectivity index (χ2v) is 2.28. The maximum atomic E-state index is 8.47.